The molecule has 1 aliphatic rings. The molecule has 1 aromatic carbocycles. The first-order valence-electron chi connectivity index (χ1n) is 9.97. The predicted molar refractivity (Wildman–Crippen MR) is 121 cm³/mol. The predicted octanol–water partition coefficient (Wildman–Crippen LogP) is 3.14. The first-order valence-corrected chi connectivity index (χ1v) is 11.0. The number of ether oxygens (including phenoxy) is 1. The Bertz CT molecular complexity index is 860. The SMILES string of the molecule is CCCOc1ccc(CN2CCN(C)CC2)cc1-c1nc(CC)c(I)c(=O)[nH]1. The molecule has 0 spiro atoms. The number of aromatic nitrogens is 2. The van der Waals surface area contributed by atoms with Crippen LogP contribution in [0.15, 0.2) is 23.0 Å². The van der Waals surface area contributed by atoms with Crippen molar-refractivity contribution in [2.45, 2.75) is 33.2 Å². The van der Waals surface area contributed by atoms with Crippen molar-refractivity contribution in [1.29, 1.82) is 0 Å². The molecule has 0 amide bonds. The second-order valence-electron chi connectivity index (χ2n) is 7.29. The van der Waals surface area contributed by atoms with Gasteiger partial charge in [0.15, 0.2) is 0 Å². The highest BCUT2D eigenvalue weighted by atomic mass is 127. The van der Waals surface area contributed by atoms with Crippen molar-refractivity contribution in [2.24, 2.45) is 0 Å². The van der Waals surface area contributed by atoms with Gasteiger partial charge >= 0.3 is 0 Å². The summed E-state index contributed by atoms with van der Waals surface area (Å²) in [7, 11) is 2.17. The van der Waals surface area contributed by atoms with Crippen molar-refractivity contribution >= 4 is 22.6 Å². The van der Waals surface area contributed by atoms with E-state index in [4.69, 9.17) is 9.72 Å². The molecule has 152 valence electrons. The van der Waals surface area contributed by atoms with Gasteiger partial charge in [-0.05, 0) is 60.2 Å². The monoisotopic (exact) mass is 496 g/mol. The van der Waals surface area contributed by atoms with E-state index in [9.17, 15) is 4.79 Å². The average Bonchev–Trinajstić information content (AvgIpc) is 2.70. The van der Waals surface area contributed by atoms with Crippen molar-refractivity contribution in [1.82, 2.24) is 19.8 Å². The van der Waals surface area contributed by atoms with E-state index >= 15 is 0 Å². The molecule has 1 aliphatic heterocycles. The third-order valence-electron chi connectivity index (χ3n) is 5.03. The van der Waals surface area contributed by atoms with E-state index in [-0.39, 0.29) is 5.56 Å². The van der Waals surface area contributed by atoms with Crippen LogP contribution in [-0.4, -0.2) is 59.6 Å². The minimum absolute atomic E-state index is 0.0895. The van der Waals surface area contributed by atoms with Crippen LogP contribution < -0.4 is 10.3 Å². The number of likely N-dealkylation sites (N-methyl/N-ethyl adjacent to an activating group) is 1. The van der Waals surface area contributed by atoms with Gasteiger partial charge in [0.2, 0.25) is 0 Å². The maximum atomic E-state index is 12.4. The second kappa shape index (κ2) is 9.84. The van der Waals surface area contributed by atoms with E-state index in [0.717, 1.165) is 62.6 Å². The largest absolute Gasteiger partial charge is 0.493 e. The molecule has 1 saturated heterocycles. The summed E-state index contributed by atoms with van der Waals surface area (Å²) in [6.45, 7) is 9.96. The highest BCUT2D eigenvalue weighted by Crippen LogP contribution is 2.30. The minimum atomic E-state index is -0.0895. The van der Waals surface area contributed by atoms with E-state index in [0.29, 0.717) is 16.0 Å². The molecule has 0 atom stereocenters. The minimum Gasteiger partial charge on any atom is -0.493 e. The summed E-state index contributed by atoms with van der Waals surface area (Å²) in [5, 5.41) is 0. The van der Waals surface area contributed by atoms with Crippen molar-refractivity contribution in [3.8, 4) is 17.1 Å². The highest BCUT2D eigenvalue weighted by Gasteiger charge is 2.17. The molecule has 0 unspecified atom stereocenters. The van der Waals surface area contributed by atoms with Gasteiger partial charge in [0.25, 0.3) is 5.56 Å². The lowest BCUT2D eigenvalue weighted by Crippen LogP contribution is -2.43. The number of hydrogen-bond acceptors (Lipinski definition) is 5. The molecule has 2 aromatic rings. The number of halogens is 1. The lowest BCUT2D eigenvalue weighted by atomic mass is 10.1. The maximum Gasteiger partial charge on any atom is 0.264 e. The zero-order valence-electron chi connectivity index (χ0n) is 16.9. The number of nitrogens with one attached hydrogen (secondary N) is 1. The Morgan fingerprint density at radius 2 is 1.96 bits per heavy atom. The van der Waals surface area contributed by atoms with E-state index in [2.05, 4.69) is 63.5 Å². The number of aryl methyl sites for hydroxylation is 1. The molecule has 3 rings (SSSR count). The van der Waals surface area contributed by atoms with Crippen LogP contribution in [0.25, 0.3) is 11.4 Å². The van der Waals surface area contributed by atoms with Crippen LogP contribution in [0.4, 0.5) is 0 Å². The molecule has 0 bridgehead atoms. The summed E-state index contributed by atoms with van der Waals surface area (Å²) in [4.78, 5) is 24.9. The van der Waals surface area contributed by atoms with E-state index in [1.807, 2.05) is 13.0 Å². The third kappa shape index (κ3) is 5.12. The fourth-order valence-corrected chi connectivity index (χ4v) is 3.97. The first-order chi connectivity index (χ1) is 13.5. The van der Waals surface area contributed by atoms with E-state index in [1.54, 1.807) is 0 Å². The molecule has 0 aliphatic carbocycles. The molecular weight excluding hydrogens is 467 g/mol. The van der Waals surface area contributed by atoms with Crippen LogP contribution >= 0.6 is 22.6 Å². The quantitative estimate of drug-likeness (QED) is 0.597. The van der Waals surface area contributed by atoms with Gasteiger partial charge in [-0.15, -0.1) is 0 Å². The smallest absolute Gasteiger partial charge is 0.264 e. The van der Waals surface area contributed by atoms with Gasteiger partial charge in [-0.25, -0.2) is 4.98 Å². The maximum absolute atomic E-state index is 12.4. The Hall–Kier alpha value is -1.45. The van der Waals surface area contributed by atoms with Crippen LogP contribution in [0.1, 0.15) is 31.5 Å². The van der Waals surface area contributed by atoms with Crippen LogP contribution in [0.2, 0.25) is 0 Å². The zero-order valence-corrected chi connectivity index (χ0v) is 19.1. The second-order valence-corrected chi connectivity index (χ2v) is 8.37. The third-order valence-corrected chi connectivity index (χ3v) is 6.14. The molecule has 1 fully saturated rings. The highest BCUT2D eigenvalue weighted by molar-refractivity contribution is 14.1. The van der Waals surface area contributed by atoms with Crippen molar-refractivity contribution in [3.63, 3.8) is 0 Å². The number of hydrogen-bond donors (Lipinski definition) is 1. The van der Waals surface area contributed by atoms with Crippen LogP contribution in [0.3, 0.4) is 0 Å². The summed E-state index contributed by atoms with van der Waals surface area (Å²) in [6.07, 6.45) is 1.65. The van der Waals surface area contributed by atoms with Gasteiger partial charge < -0.3 is 14.6 Å². The molecule has 1 N–H and O–H groups in total. The lowest BCUT2D eigenvalue weighted by Gasteiger charge is -2.32. The van der Waals surface area contributed by atoms with Gasteiger partial charge in [0, 0.05) is 32.7 Å². The Kier molecular flexibility index (Phi) is 7.48. The molecule has 6 nitrogen and oxygen atoms in total. The Morgan fingerprint density at radius 3 is 2.64 bits per heavy atom. The number of benzene rings is 1. The average molecular weight is 496 g/mol. The zero-order chi connectivity index (χ0) is 20.1. The van der Waals surface area contributed by atoms with Crippen molar-refractivity contribution in [2.75, 3.05) is 39.8 Å². The first kappa shape index (κ1) is 21.3. The summed E-state index contributed by atoms with van der Waals surface area (Å²) in [6, 6.07) is 6.26. The van der Waals surface area contributed by atoms with Crippen LogP contribution in [0.5, 0.6) is 5.75 Å². The molecule has 1 aromatic heterocycles. The Balaban J connectivity index is 1.94. The van der Waals surface area contributed by atoms with Gasteiger partial charge in [-0.3, -0.25) is 9.69 Å². The molecule has 0 radical (unpaired) electrons. The van der Waals surface area contributed by atoms with Crippen LogP contribution in [-0.2, 0) is 13.0 Å². The lowest BCUT2D eigenvalue weighted by molar-refractivity contribution is 0.148. The summed E-state index contributed by atoms with van der Waals surface area (Å²) < 4.78 is 6.62. The van der Waals surface area contributed by atoms with Crippen molar-refractivity contribution < 1.29 is 4.74 Å². The topological polar surface area (TPSA) is 61.5 Å². The summed E-state index contributed by atoms with van der Waals surface area (Å²) >= 11 is 2.07. The van der Waals surface area contributed by atoms with E-state index in [1.165, 1.54) is 5.56 Å². The van der Waals surface area contributed by atoms with Gasteiger partial charge in [0.05, 0.1) is 21.4 Å². The Labute approximate surface area is 180 Å². The number of piperazine rings is 1. The normalized spacial score (nSPS) is 15.7. The Morgan fingerprint density at radius 1 is 1.21 bits per heavy atom. The van der Waals surface area contributed by atoms with Crippen LogP contribution in [0, 0.1) is 3.57 Å². The molecule has 7 heteroatoms. The fraction of sp³-hybridized carbons (Fsp3) is 0.524. The van der Waals surface area contributed by atoms with Gasteiger partial charge in [-0.2, -0.15) is 0 Å². The number of aromatic amines is 1. The summed E-state index contributed by atoms with van der Waals surface area (Å²) in [5.74, 6) is 1.36. The number of H-pyrrole nitrogens is 1. The van der Waals surface area contributed by atoms with Gasteiger partial charge in [0.1, 0.15) is 11.6 Å². The standard InChI is InChI=1S/C21H29IN4O2/c1-4-12-28-18-7-6-15(14-26-10-8-25(3)9-11-26)13-16(18)20-23-17(5-2)19(22)21(27)24-20/h6-7,13H,4-5,8-12,14H2,1-3H3,(H,23,24,27). The molecule has 2 heterocycles. The fourth-order valence-electron chi connectivity index (χ4n) is 3.33. The number of nitrogens with zero attached hydrogens (tertiary/aromatic N) is 3. The van der Waals surface area contributed by atoms with Crippen molar-refractivity contribution in [3.05, 3.63) is 43.4 Å². The van der Waals surface area contributed by atoms with Gasteiger partial charge in [-0.1, -0.05) is 19.9 Å². The molecule has 28 heavy (non-hydrogen) atoms. The number of rotatable bonds is 7. The van der Waals surface area contributed by atoms with E-state index < -0.39 is 0 Å². The molecular formula is C21H29IN4O2. The molecule has 0 saturated carbocycles. The summed E-state index contributed by atoms with van der Waals surface area (Å²) in [5.41, 5.74) is 2.81.